The van der Waals surface area contributed by atoms with Crippen LogP contribution in [-0.4, -0.2) is 20.9 Å². The van der Waals surface area contributed by atoms with Crippen molar-refractivity contribution in [1.82, 2.24) is 9.78 Å². The van der Waals surface area contributed by atoms with Gasteiger partial charge in [0.25, 0.3) is 5.56 Å². The van der Waals surface area contributed by atoms with E-state index >= 15 is 0 Å². The molecular weight excluding hydrogens is 246 g/mol. The summed E-state index contributed by atoms with van der Waals surface area (Å²) in [6, 6.07) is 3.17. The van der Waals surface area contributed by atoms with Crippen molar-refractivity contribution in [1.29, 1.82) is 0 Å². The Labute approximate surface area is 99.3 Å². The van der Waals surface area contributed by atoms with Crippen molar-refractivity contribution in [3.63, 3.8) is 0 Å². The number of benzene rings is 1. The molecule has 0 saturated carbocycles. The lowest BCUT2D eigenvalue weighted by atomic mass is 10.2. The lowest BCUT2D eigenvalue weighted by molar-refractivity contribution is -0.136. The number of carbonyl (C=O) groups is 1. The van der Waals surface area contributed by atoms with Crippen LogP contribution in [-0.2, 0) is 11.2 Å². The second-order valence-electron chi connectivity index (χ2n) is 3.58. The lowest BCUT2D eigenvalue weighted by Gasteiger charge is -2.03. The molecule has 0 aliphatic heterocycles. The Morgan fingerprint density at radius 1 is 1.33 bits per heavy atom. The van der Waals surface area contributed by atoms with Gasteiger partial charge in [-0.25, -0.2) is 13.5 Å². The van der Waals surface area contributed by atoms with Crippen LogP contribution < -0.4 is 5.56 Å². The molecule has 0 spiro atoms. The van der Waals surface area contributed by atoms with Crippen LogP contribution in [0.3, 0.4) is 0 Å². The summed E-state index contributed by atoms with van der Waals surface area (Å²) < 4.78 is 27.5. The predicted molar refractivity (Wildman–Crippen MR) is 57.6 cm³/mol. The zero-order valence-corrected chi connectivity index (χ0v) is 8.98. The number of hydrogen-bond acceptors (Lipinski definition) is 2. The number of nitrogens with one attached hydrogen (secondary N) is 1. The maximum absolute atomic E-state index is 13.5. The molecule has 0 fully saturated rings. The van der Waals surface area contributed by atoms with E-state index in [0.29, 0.717) is 4.68 Å². The SMILES string of the molecule is O=C(O)Cc1c[nH]n(-c2c(F)cccc2F)c1=O. The van der Waals surface area contributed by atoms with Crippen LogP contribution in [0, 0.1) is 11.6 Å². The molecule has 7 heteroatoms. The van der Waals surface area contributed by atoms with Crippen molar-refractivity contribution < 1.29 is 18.7 Å². The van der Waals surface area contributed by atoms with Gasteiger partial charge in [0.2, 0.25) is 0 Å². The number of aliphatic carboxylic acids is 1. The molecule has 0 amide bonds. The second-order valence-corrected chi connectivity index (χ2v) is 3.58. The minimum Gasteiger partial charge on any atom is -0.481 e. The van der Waals surface area contributed by atoms with Gasteiger partial charge in [-0.15, -0.1) is 0 Å². The van der Waals surface area contributed by atoms with Crippen molar-refractivity contribution in [3.8, 4) is 5.69 Å². The summed E-state index contributed by atoms with van der Waals surface area (Å²) in [5.74, 6) is -3.03. The number of halogens is 2. The molecule has 0 radical (unpaired) electrons. The van der Waals surface area contributed by atoms with Crippen molar-refractivity contribution in [2.75, 3.05) is 0 Å². The summed E-state index contributed by atoms with van der Waals surface area (Å²) in [6.45, 7) is 0. The van der Waals surface area contributed by atoms with Crippen LogP contribution >= 0.6 is 0 Å². The van der Waals surface area contributed by atoms with Crippen LogP contribution in [0.1, 0.15) is 5.56 Å². The molecule has 0 aliphatic rings. The third kappa shape index (κ3) is 2.02. The molecule has 2 aromatic rings. The molecule has 0 unspecified atom stereocenters. The summed E-state index contributed by atoms with van der Waals surface area (Å²) in [5.41, 5.74) is -1.43. The van der Waals surface area contributed by atoms with Crippen LogP contribution in [0.4, 0.5) is 8.78 Å². The van der Waals surface area contributed by atoms with Crippen molar-refractivity contribution >= 4 is 5.97 Å². The molecule has 0 saturated heterocycles. The molecule has 1 aromatic heterocycles. The fraction of sp³-hybridized carbons (Fsp3) is 0.0909. The quantitative estimate of drug-likeness (QED) is 0.860. The van der Waals surface area contributed by atoms with Crippen molar-refractivity contribution in [2.24, 2.45) is 0 Å². The number of hydrogen-bond donors (Lipinski definition) is 2. The molecule has 0 atom stereocenters. The van der Waals surface area contributed by atoms with E-state index in [9.17, 15) is 18.4 Å². The van der Waals surface area contributed by atoms with E-state index < -0.39 is 35.3 Å². The third-order valence-electron chi connectivity index (χ3n) is 2.35. The zero-order chi connectivity index (χ0) is 13.3. The second kappa shape index (κ2) is 4.44. The average Bonchev–Trinajstić information content (AvgIpc) is 2.61. The maximum Gasteiger partial charge on any atom is 0.308 e. The van der Waals surface area contributed by atoms with Gasteiger partial charge in [0.15, 0.2) is 11.6 Å². The van der Waals surface area contributed by atoms with E-state index in [0.717, 1.165) is 18.3 Å². The van der Waals surface area contributed by atoms with Crippen molar-refractivity contribution in [2.45, 2.75) is 6.42 Å². The van der Waals surface area contributed by atoms with Crippen molar-refractivity contribution in [3.05, 3.63) is 51.9 Å². The number of H-pyrrole nitrogens is 1. The predicted octanol–water partition coefficient (Wildman–Crippen LogP) is 1.07. The summed E-state index contributed by atoms with van der Waals surface area (Å²) in [5, 5.41) is 10.9. The summed E-state index contributed by atoms with van der Waals surface area (Å²) >= 11 is 0. The first-order valence-corrected chi connectivity index (χ1v) is 4.96. The van der Waals surface area contributed by atoms with E-state index in [4.69, 9.17) is 5.11 Å². The molecule has 5 nitrogen and oxygen atoms in total. The van der Waals surface area contributed by atoms with Crippen LogP contribution in [0.2, 0.25) is 0 Å². The Kier molecular flexibility index (Phi) is 2.97. The Bertz CT molecular complexity index is 640. The molecule has 1 heterocycles. The third-order valence-corrected chi connectivity index (χ3v) is 2.35. The Hall–Kier alpha value is -2.44. The molecule has 18 heavy (non-hydrogen) atoms. The van der Waals surface area contributed by atoms with E-state index in [1.807, 2.05) is 0 Å². The Morgan fingerprint density at radius 3 is 2.50 bits per heavy atom. The molecular formula is C11H8F2N2O3. The van der Waals surface area contributed by atoms with E-state index in [1.165, 1.54) is 6.07 Å². The number of aromatic amines is 1. The fourth-order valence-corrected chi connectivity index (χ4v) is 1.56. The van der Waals surface area contributed by atoms with Gasteiger partial charge < -0.3 is 5.11 Å². The Balaban J connectivity index is 2.56. The van der Waals surface area contributed by atoms with E-state index in [-0.39, 0.29) is 5.56 Å². The summed E-state index contributed by atoms with van der Waals surface area (Å²) in [7, 11) is 0. The van der Waals surface area contributed by atoms with Gasteiger partial charge in [0.05, 0.1) is 6.42 Å². The first kappa shape index (κ1) is 12.0. The molecule has 94 valence electrons. The maximum atomic E-state index is 13.5. The monoisotopic (exact) mass is 254 g/mol. The number of carboxylic acids is 1. The lowest BCUT2D eigenvalue weighted by Crippen LogP contribution is -2.21. The zero-order valence-electron chi connectivity index (χ0n) is 8.98. The number of aromatic nitrogens is 2. The first-order chi connectivity index (χ1) is 8.50. The highest BCUT2D eigenvalue weighted by atomic mass is 19.1. The highest BCUT2D eigenvalue weighted by Crippen LogP contribution is 2.15. The van der Waals surface area contributed by atoms with Crippen LogP contribution in [0.25, 0.3) is 5.69 Å². The molecule has 1 aromatic carbocycles. The van der Waals surface area contributed by atoms with E-state index in [1.54, 1.807) is 0 Å². The van der Waals surface area contributed by atoms with Gasteiger partial charge >= 0.3 is 5.97 Å². The molecule has 0 aliphatic carbocycles. The largest absolute Gasteiger partial charge is 0.481 e. The van der Waals surface area contributed by atoms with Gasteiger partial charge in [-0.3, -0.25) is 14.7 Å². The number of rotatable bonds is 3. The normalized spacial score (nSPS) is 10.6. The average molecular weight is 254 g/mol. The standard InChI is InChI=1S/C11H8F2N2O3/c12-7-2-1-3-8(13)10(7)15-11(18)6(5-14-15)4-9(16)17/h1-3,5,14H,4H2,(H,16,17). The smallest absolute Gasteiger partial charge is 0.308 e. The summed E-state index contributed by atoms with van der Waals surface area (Å²) in [6.07, 6.45) is 0.598. The minimum absolute atomic E-state index is 0.0786. The van der Waals surface area contributed by atoms with Gasteiger partial charge in [0, 0.05) is 11.8 Å². The highest BCUT2D eigenvalue weighted by molar-refractivity contribution is 5.69. The number of para-hydroxylation sites is 1. The van der Waals surface area contributed by atoms with Gasteiger partial charge in [-0.1, -0.05) is 6.07 Å². The molecule has 2 N–H and O–H groups in total. The number of carboxylic acid groups (broad SMARTS) is 1. The summed E-state index contributed by atoms with van der Waals surface area (Å²) in [4.78, 5) is 22.2. The van der Waals surface area contributed by atoms with E-state index in [2.05, 4.69) is 5.10 Å². The van der Waals surface area contributed by atoms with Crippen LogP contribution in [0.15, 0.2) is 29.2 Å². The van der Waals surface area contributed by atoms with Gasteiger partial charge in [0.1, 0.15) is 5.69 Å². The fourth-order valence-electron chi connectivity index (χ4n) is 1.56. The van der Waals surface area contributed by atoms with Gasteiger partial charge in [-0.2, -0.15) is 0 Å². The Morgan fingerprint density at radius 2 is 1.94 bits per heavy atom. The number of nitrogens with zero attached hydrogens (tertiary/aromatic N) is 1. The first-order valence-electron chi connectivity index (χ1n) is 4.96. The minimum atomic E-state index is -1.20. The molecule has 2 rings (SSSR count). The topological polar surface area (TPSA) is 75.1 Å². The van der Waals surface area contributed by atoms with Crippen LogP contribution in [0.5, 0.6) is 0 Å². The highest BCUT2D eigenvalue weighted by Gasteiger charge is 2.16. The molecule has 0 bridgehead atoms. The van der Waals surface area contributed by atoms with Gasteiger partial charge in [-0.05, 0) is 12.1 Å².